The summed E-state index contributed by atoms with van der Waals surface area (Å²) in [5, 5.41) is 0. The zero-order valence-electron chi connectivity index (χ0n) is 9.15. The van der Waals surface area contributed by atoms with Crippen LogP contribution in [0.1, 0.15) is 16.2 Å². The molecule has 0 aliphatic carbocycles. The molecule has 82 valence electrons. The number of aromatic amines is 1. The van der Waals surface area contributed by atoms with Crippen LogP contribution in [0.15, 0.2) is 30.6 Å². The van der Waals surface area contributed by atoms with E-state index < -0.39 is 0 Å². The highest BCUT2D eigenvalue weighted by Crippen LogP contribution is 2.20. The smallest absolute Gasteiger partial charge is 0.354 e. The van der Waals surface area contributed by atoms with Gasteiger partial charge in [0.2, 0.25) is 0 Å². The lowest BCUT2D eigenvalue weighted by Crippen LogP contribution is -2.00. The van der Waals surface area contributed by atoms with Crippen molar-refractivity contribution in [3.8, 4) is 11.1 Å². The zero-order chi connectivity index (χ0) is 11.5. The van der Waals surface area contributed by atoms with E-state index in [0.717, 1.165) is 16.8 Å². The highest BCUT2D eigenvalue weighted by molar-refractivity contribution is 5.89. The molecule has 2 aromatic rings. The first-order chi connectivity index (χ1) is 7.70. The van der Waals surface area contributed by atoms with Gasteiger partial charge in [0, 0.05) is 23.7 Å². The number of nitrogens with zero attached hydrogens (tertiary/aromatic N) is 1. The fourth-order valence-corrected chi connectivity index (χ4v) is 1.51. The summed E-state index contributed by atoms with van der Waals surface area (Å²) in [4.78, 5) is 18.3. The lowest BCUT2D eigenvalue weighted by molar-refractivity contribution is 0.0595. The first-order valence-corrected chi connectivity index (χ1v) is 4.90. The number of hydrogen-bond acceptors (Lipinski definition) is 3. The van der Waals surface area contributed by atoms with Crippen LogP contribution in [0.25, 0.3) is 11.1 Å². The Hall–Kier alpha value is -2.10. The van der Waals surface area contributed by atoms with Crippen LogP contribution in [0.5, 0.6) is 0 Å². The zero-order valence-corrected chi connectivity index (χ0v) is 9.15. The van der Waals surface area contributed by atoms with Crippen LogP contribution in [0.2, 0.25) is 0 Å². The predicted octanol–water partition coefficient (Wildman–Crippen LogP) is 2.17. The number of H-pyrrole nitrogens is 1. The lowest BCUT2D eigenvalue weighted by atomic mass is 10.1. The van der Waals surface area contributed by atoms with Crippen molar-refractivity contribution in [3.05, 3.63) is 42.0 Å². The largest absolute Gasteiger partial charge is 0.464 e. The Morgan fingerprint density at radius 1 is 1.38 bits per heavy atom. The highest BCUT2D eigenvalue weighted by Gasteiger charge is 2.09. The Labute approximate surface area is 93.3 Å². The van der Waals surface area contributed by atoms with E-state index in [9.17, 15) is 4.79 Å². The number of hydrogen-bond donors (Lipinski definition) is 1. The van der Waals surface area contributed by atoms with E-state index in [1.165, 1.54) is 7.11 Å². The molecule has 0 aliphatic heterocycles. The lowest BCUT2D eigenvalue weighted by Gasteiger charge is -1.97. The van der Waals surface area contributed by atoms with Crippen molar-refractivity contribution in [1.82, 2.24) is 9.97 Å². The topological polar surface area (TPSA) is 55.0 Å². The van der Waals surface area contributed by atoms with Crippen LogP contribution in [-0.2, 0) is 4.74 Å². The van der Waals surface area contributed by atoms with Crippen molar-refractivity contribution >= 4 is 5.97 Å². The molecule has 2 heterocycles. The average molecular weight is 216 g/mol. The third kappa shape index (κ3) is 1.95. The van der Waals surface area contributed by atoms with Gasteiger partial charge < -0.3 is 9.72 Å². The van der Waals surface area contributed by atoms with Gasteiger partial charge in [-0.15, -0.1) is 0 Å². The second-order valence-corrected chi connectivity index (χ2v) is 3.48. The summed E-state index contributed by atoms with van der Waals surface area (Å²) in [6, 6.07) is 5.63. The van der Waals surface area contributed by atoms with Crippen LogP contribution in [0.3, 0.4) is 0 Å². The number of esters is 1. The average Bonchev–Trinajstić information content (AvgIpc) is 2.77. The van der Waals surface area contributed by atoms with E-state index in [0.29, 0.717) is 5.69 Å². The fourth-order valence-electron chi connectivity index (χ4n) is 1.51. The Kier molecular flexibility index (Phi) is 2.72. The third-order valence-electron chi connectivity index (χ3n) is 2.32. The summed E-state index contributed by atoms with van der Waals surface area (Å²) in [6.45, 7) is 1.93. The summed E-state index contributed by atoms with van der Waals surface area (Å²) in [6.07, 6.45) is 3.52. The molecule has 4 heteroatoms. The van der Waals surface area contributed by atoms with Gasteiger partial charge in [0.05, 0.1) is 7.11 Å². The second kappa shape index (κ2) is 4.18. The molecule has 16 heavy (non-hydrogen) atoms. The van der Waals surface area contributed by atoms with Gasteiger partial charge in [0.25, 0.3) is 0 Å². The molecular formula is C12H12N2O2. The van der Waals surface area contributed by atoms with Crippen LogP contribution < -0.4 is 0 Å². The Balaban J connectivity index is 2.35. The summed E-state index contributed by atoms with van der Waals surface area (Å²) < 4.78 is 4.63. The van der Waals surface area contributed by atoms with Crippen LogP contribution in [0, 0.1) is 6.92 Å². The second-order valence-electron chi connectivity index (χ2n) is 3.48. The van der Waals surface area contributed by atoms with Crippen molar-refractivity contribution in [2.45, 2.75) is 6.92 Å². The van der Waals surface area contributed by atoms with Gasteiger partial charge in [-0.1, -0.05) is 0 Å². The molecule has 0 fully saturated rings. The maximum absolute atomic E-state index is 11.3. The number of ether oxygens (including phenoxy) is 1. The number of aromatic nitrogens is 2. The van der Waals surface area contributed by atoms with E-state index in [4.69, 9.17) is 0 Å². The SMILES string of the molecule is COC(=O)c1cc(-c2ccnc(C)c2)c[nH]1. The molecule has 0 spiro atoms. The molecule has 2 aromatic heterocycles. The minimum Gasteiger partial charge on any atom is -0.464 e. The van der Waals surface area contributed by atoms with Gasteiger partial charge in [-0.2, -0.15) is 0 Å². The monoisotopic (exact) mass is 216 g/mol. The minimum absolute atomic E-state index is 0.364. The van der Waals surface area contributed by atoms with Gasteiger partial charge in [-0.05, 0) is 30.7 Å². The molecule has 0 atom stereocenters. The van der Waals surface area contributed by atoms with E-state index in [1.807, 2.05) is 19.1 Å². The first kappa shape index (κ1) is 10.4. The fraction of sp³-hybridized carbons (Fsp3) is 0.167. The predicted molar refractivity (Wildman–Crippen MR) is 60.1 cm³/mol. The Morgan fingerprint density at radius 3 is 2.88 bits per heavy atom. The van der Waals surface area contributed by atoms with Crippen LogP contribution in [0.4, 0.5) is 0 Å². The van der Waals surface area contributed by atoms with Gasteiger partial charge in [-0.25, -0.2) is 4.79 Å². The summed E-state index contributed by atoms with van der Waals surface area (Å²) in [5.41, 5.74) is 3.37. The summed E-state index contributed by atoms with van der Waals surface area (Å²) in [7, 11) is 1.36. The molecule has 0 amide bonds. The van der Waals surface area contributed by atoms with Gasteiger partial charge in [0.15, 0.2) is 0 Å². The molecule has 4 nitrogen and oxygen atoms in total. The number of aryl methyl sites for hydroxylation is 1. The Morgan fingerprint density at radius 2 is 2.19 bits per heavy atom. The number of carbonyl (C=O) groups excluding carboxylic acids is 1. The van der Waals surface area contributed by atoms with Gasteiger partial charge in [0.1, 0.15) is 5.69 Å². The van der Waals surface area contributed by atoms with Crippen molar-refractivity contribution in [3.63, 3.8) is 0 Å². The molecule has 0 aliphatic rings. The normalized spacial score (nSPS) is 10.1. The van der Waals surface area contributed by atoms with Crippen LogP contribution in [-0.4, -0.2) is 23.0 Å². The molecule has 0 aromatic carbocycles. The molecular weight excluding hydrogens is 204 g/mol. The number of rotatable bonds is 2. The summed E-state index contributed by atoms with van der Waals surface area (Å²) in [5.74, 6) is -0.364. The molecule has 0 bridgehead atoms. The quantitative estimate of drug-likeness (QED) is 0.783. The van der Waals surface area contributed by atoms with E-state index >= 15 is 0 Å². The van der Waals surface area contributed by atoms with Gasteiger partial charge in [-0.3, -0.25) is 4.98 Å². The van der Waals surface area contributed by atoms with E-state index in [1.54, 1.807) is 18.5 Å². The maximum Gasteiger partial charge on any atom is 0.354 e. The molecule has 2 rings (SSSR count). The number of nitrogens with one attached hydrogen (secondary N) is 1. The van der Waals surface area contributed by atoms with Crippen LogP contribution >= 0.6 is 0 Å². The third-order valence-corrected chi connectivity index (χ3v) is 2.32. The summed E-state index contributed by atoms with van der Waals surface area (Å²) >= 11 is 0. The number of carbonyl (C=O) groups is 1. The van der Waals surface area contributed by atoms with Crippen molar-refractivity contribution < 1.29 is 9.53 Å². The van der Waals surface area contributed by atoms with Crippen molar-refractivity contribution in [2.24, 2.45) is 0 Å². The van der Waals surface area contributed by atoms with E-state index in [-0.39, 0.29) is 5.97 Å². The molecule has 0 saturated carbocycles. The highest BCUT2D eigenvalue weighted by atomic mass is 16.5. The van der Waals surface area contributed by atoms with Gasteiger partial charge >= 0.3 is 5.97 Å². The Bertz CT molecular complexity index is 517. The molecule has 1 N–H and O–H groups in total. The van der Waals surface area contributed by atoms with Crippen molar-refractivity contribution in [2.75, 3.05) is 7.11 Å². The number of methoxy groups -OCH3 is 1. The molecule has 0 unspecified atom stereocenters. The maximum atomic E-state index is 11.3. The minimum atomic E-state index is -0.364. The standard InChI is InChI=1S/C12H12N2O2/c1-8-5-9(3-4-13-8)10-6-11(14-7-10)12(15)16-2/h3-7,14H,1-2H3. The number of pyridine rings is 1. The first-order valence-electron chi connectivity index (χ1n) is 4.90. The van der Waals surface area contributed by atoms with Crippen molar-refractivity contribution in [1.29, 1.82) is 0 Å². The van der Waals surface area contributed by atoms with E-state index in [2.05, 4.69) is 14.7 Å². The molecule has 0 radical (unpaired) electrons. The molecule has 0 saturated heterocycles.